The number of aromatic amines is 1. The van der Waals surface area contributed by atoms with E-state index in [1.807, 2.05) is 0 Å². The van der Waals surface area contributed by atoms with Crippen molar-refractivity contribution in [3.63, 3.8) is 0 Å². The van der Waals surface area contributed by atoms with Crippen molar-refractivity contribution in [3.8, 4) is 23.4 Å². The fraction of sp³-hybridized carbons (Fsp3) is 0. The summed E-state index contributed by atoms with van der Waals surface area (Å²) in [6.45, 7) is 0. The number of hydrazone groups is 1. The molecule has 0 aliphatic rings. The molecular formula is C12H7ClN6. The molecule has 6 nitrogen and oxygen atoms in total. The van der Waals surface area contributed by atoms with Gasteiger partial charge in [0.15, 0.2) is 0 Å². The molecule has 0 aliphatic heterocycles. The van der Waals surface area contributed by atoms with Crippen LogP contribution < -0.4 is 5.43 Å². The number of anilines is 1. The Morgan fingerprint density at radius 1 is 1.32 bits per heavy atom. The molecular weight excluding hydrogens is 264 g/mol. The van der Waals surface area contributed by atoms with Gasteiger partial charge in [0.2, 0.25) is 5.71 Å². The molecule has 1 heterocycles. The lowest BCUT2D eigenvalue weighted by atomic mass is 10.1. The number of nitrogens with one attached hydrogen (secondary N) is 2. The van der Waals surface area contributed by atoms with Crippen LogP contribution in [0.4, 0.5) is 5.69 Å². The molecule has 19 heavy (non-hydrogen) atoms. The Labute approximate surface area is 113 Å². The fourth-order valence-electron chi connectivity index (χ4n) is 1.44. The smallest absolute Gasteiger partial charge is 0.237 e. The summed E-state index contributed by atoms with van der Waals surface area (Å²) in [7, 11) is 0. The van der Waals surface area contributed by atoms with Gasteiger partial charge in [0.05, 0.1) is 11.4 Å². The Balaban J connectivity index is 2.40. The largest absolute Gasteiger partial charge is 0.278 e. The van der Waals surface area contributed by atoms with Crippen molar-refractivity contribution in [1.29, 1.82) is 10.5 Å². The van der Waals surface area contributed by atoms with Gasteiger partial charge in [-0.2, -0.15) is 20.7 Å². The van der Waals surface area contributed by atoms with E-state index in [4.69, 9.17) is 22.1 Å². The first-order valence-electron chi connectivity index (χ1n) is 5.18. The third-order valence-corrected chi connectivity index (χ3v) is 2.51. The molecule has 0 atom stereocenters. The summed E-state index contributed by atoms with van der Waals surface area (Å²) in [6.07, 6.45) is 1.62. The standard InChI is InChI=1S/C12H7ClN6/c13-8-1-2-10(11-3-4-16-18-11)12(5-8)19-17-9(6-14)7-15/h1-5,19H,(H,16,18). The number of hydrogen-bond acceptors (Lipinski definition) is 5. The first kappa shape index (κ1) is 12.6. The molecule has 2 aromatic rings. The number of hydrogen-bond donors (Lipinski definition) is 2. The fourth-order valence-corrected chi connectivity index (χ4v) is 1.61. The Hall–Kier alpha value is -2.83. The monoisotopic (exact) mass is 270 g/mol. The van der Waals surface area contributed by atoms with Gasteiger partial charge in [-0.15, -0.1) is 0 Å². The summed E-state index contributed by atoms with van der Waals surface area (Å²) in [4.78, 5) is 0. The molecule has 1 aromatic heterocycles. The third-order valence-electron chi connectivity index (χ3n) is 2.27. The number of nitrogens with zero attached hydrogens (tertiary/aromatic N) is 4. The topological polar surface area (TPSA) is 101 Å². The van der Waals surface area contributed by atoms with Gasteiger partial charge in [-0.3, -0.25) is 10.5 Å². The van der Waals surface area contributed by atoms with Gasteiger partial charge in [-0.1, -0.05) is 11.6 Å². The zero-order chi connectivity index (χ0) is 13.7. The number of nitriles is 2. The first-order valence-corrected chi connectivity index (χ1v) is 5.55. The van der Waals surface area contributed by atoms with Crippen LogP contribution in [0.2, 0.25) is 5.02 Å². The molecule has 1 aromatic carbocycles. The number of halogens is 1. The van der Waals surface area contributed by atoms with Crippen molar-refractivity contribution in [3.05, 3.63) is 35.5 Å². The van der Waals surface area contributed by atoms with Crippen LogP contribution in [0, 0.1) is 22.7 Å². The van der Waals surface area contributed by atoms with E-state index in [1.165, 1.54) is 0 Å². The molecule has 2 rings (SSSR count). The highest BCUT2D eigenvalue weighted by atomic mass is 35.5. The van der Waals surface area contributed by atoms with Crippen molar-refractivity contribution in [2.24, 2.45) is 5.10 Å². The summed E-state index contributed by atoms with van der Waals surface area (Å²) >= 11 is 5.92. The minimum Gasteiger partial charge on any atom is -0.278 e. The van der Waals surface area contributed by atoms with Crippen LogP contribution in [0.3, 0.4) is 0 Å². The molecule has 0 bridgehead atoms. The average Bonchev–Trinajstić information content (AvgIpc) is 2.94. The van der Waals surface area contributed by atoms with E-state index in [2.05, 4.69) is 20.7 Å². The van der Waals surface area contributed by atoms with Crippen LogP contribution in [0.25, 0.3) is 11.3 Å². The van der Waals surface area contributed by atoms with E-state index in [0.29, 0.717) is 10.7 Å². The van der Waals surface area contributed by atoms with Crippen LogP contribution in [0.1, 0.15) is 0 Å². The van der Waals surface area contributed by atoms with Crippen LogP contribution in [-0.2, 0) is 0 Å². The highest BCUT2D eigenvalue weighted by Crippen LogP contribution is 2.29. The minimum absolute atomic E-state index is 0.268. The van der Waals surface area contributed by atoms with Gasteiger partial charge in [0.25, 0.3) is 0 Å². The summed E-state index contributed by atoms with van der Waals surface area (Å²) in [5.74, 6) is 0. The first-order chi connectivity index (χ1) is 9.24. The molecule has 0 aliphatic carbocycles. The van der Waals surface area contributed by atoms with E-state index in [-0.39, 0.29) is 5.71 Å². The SMILES string of the molecule is N#CC(C#N)=NNc1cc(Cl)ccc1-c1ccn[nH]1. The van der Waals surface area contributed by atoms with E-state index in [9.17, 15) is 0 Å². The number of aromatic nitrogens is 2. The van der Waals surface area contributed by atoms with Gasteiger partial charge in [-0.05, 0) is 24.3 Å². The van der Waals surface area contributed by atoms with Crippen molar-refractivity contribution in [2.75, 3.05) is 5.43 Å². The summed E-state index contributed by atoms with van der Waals surface area (Å²) in [6, 6.07) is 10.3. The molecule has 0 spiro atoms. The predicted octanol–water partition coefficient (Wildman–Crippen LogP) is 2.55. The van der Waals surface area contributed by atoms with Gasteiger partial charge >= 0.3 is 0 Å². The summed E-state index contributed by atoms with van der Waals surface area (Å²) in [5, 5.41) is 28.1. The van der Waals surface area contributed by atoms with Crippen molar-refractivity contribution >= 4 is 23.0 Å². The lowest BCUT2D eigenvalue weighted by Gasteiger charge is -2.07. The van der Waals surface area contributed by atoms with Crippen LogP contribution in [0.15, 0.2) is 35.6 Å². The van der Waals surface area contributed by atoms with E-state index in [1.54, 1.807) is 42.6 Å². The maximum atomic E-state index is 8.63. The number of rotatable bonds is 3. The maximum absolute atomic E-state index is 8.63. The zero-order valence-corrected chi connectivity index (χ0v) is 10.3. The second-order valence-electron chi connectivity index (χ2n) is 3.46. The van der Waals surface area contributed by atoms with Crippen LogP contribution >= 0.6 is 11.6 Å². The molecule has 92 valence electrons. The average molecular weight is 271 g/mol. The third kappa shape index (κ3) is 2.89. The van der Waals surface area contributed by atoms with Gasteiger partial charge in [0.1, 0.15) is 12.1 Å². The lowest BCUT2D eigenvalue weighted by molar-refractivity contribution is 1.09. The van der Waals surface area contributed by atoms with Crippen molar-refractivity contribution < 1.29 is 0 Å². The normalized spacial score (nSPS) is 9.21. The molecule has 7 heteroatoms. The minimum atomic E-state index is -0.268. The van der Waals surface area contributed by atoms with E-state index in [0.717, 1.165) is 11.3 Å². The highest BCUT2D eigenvalue weighted by molar-refractivity contribution is 6.31. The predicted molar refractivity (Wildman–Crippen MR) is 71.3 cm³/mol. The Morgan fingerprint density at radius 2 is 2.11 bits per heavy atom. The molecule has 0 saturated heterocycles. The zero-order valence-electron chi connectivity index (χ0n) is 9.55. The van der Waals surface area contributed by atoms with Crippen molar-refractivity contribution in [1.82, 2.24) is 10.2 Å². The molecule has 0 saturated carbocycles. The summed E-state index contributed by atoms with van der Waals surface area (Å²) in [5.41, 5.74) is 4.50. The number of H-pyrrole nitrogens is 1. The Morgan fingerprint density at radius 3 is 2.74 bits per heavy atom. The van der Waals surface area contributed by atoms with E-state index >= 15 is 0 Å². The molecule has 2 N–H and O–H groups in total. The maximum Gasteiger partial charge on any atom is 0.237 e. The van der Waals surface area contributed by atoms with Crippen molar-refractivity contribution in [2.45, 2.75) is 0 Å². The highest BCUT2D eigenvalue weighted by Gasteiger charge is 2.07. The van der Waals surface area contributed by atoms with E-state index < -0.39 is 0 Å². The lowest BCUT2D eigenvalue weighted by Crippen LogP contribution is -1.98. The quantitative estimate of drug-likeness (QED) is 0.661. The second kappa shape index (κ2) is 5.67. The molecule has 0 fully saturated rings. The van der Waals surface area contributed by atoms with Gasteiger partial charge in [-0.25, -0.2) is 0 Å². The Kier molecular flexibility index (Phi) is 3.77. The van der Waals surface area contributed by atoms with Gasteiger partial charge < -0.3 is 0 Å². The van der Waals surface area contributed by atoms with Gasteiger partial charge in [0, 0.05) is 16.8 Å². The van der Waals surface area contributed by atoms with Crippen LogP contribution in [-0.4, -0.2) is 15.9 Å². The summed E-state index contributed by atoms with van der Waals surface area (Å²) < 4.78 is 0. The second-order valence-corrected chi connectivity index (χ2v) is 3.89. The molecule has 0 amide bonds. The molecule has 0 unspecified atom stereocenters. The van der Waals surface area contributed by atoms with Crippen LogP contribution in [0.5, 0.6) is 0 Å². The number of benzene rings is 1. The Bertz CT molecular complexity index is 674. The molecule has 0 radical (unpaired) electrons.